The summed E-state index contributed by atoms with van der Waals surface area (Å²) in [5.74, 6) is -1.43. The SMILES string of the molecule is NC(=O)NCCCC(C(=O)O)N(O)CP(=O)(O)O. The number of hydroxylamine groups is 2. The smallest absolute Gasteiger partial charge is 0.341 e. The van der Waals surface area contributed by atoms with Crippen molar-refractivity contribution in [3.8, 4) is 0 Å². The molecule has 18 heavy (non-hydrogen) atoms. The van der Waals surface area contributed by atoms with Crippen LogP contribution >= 0.6 is 7.60 Å². The molecule has 0 aromatic rings. The van der Waals surface area contributed by atoms with Crippen LogP contribution < -0.4 is 11.1 Å². The third kappa shape index (κ3) is 7.98. The molecule has 0 bridgehead atoms. The summed E-state index contributed by atoms with van der Waals surface area (Å²) in [5, 5.41) is 20.4. The molecule has 106 valence electrons. The molecule has 0 spiro atoms. The average Bonchev–Trinajstić information content (AvgIpc) is 2.12. The van der Waals surface area contributed by atoms with Crippen LogP contribution in [0.25, 0.3) is 0 Å². The molecule has 0 heterocycles. The highest BCUT2D eigenvalue weighted by molar-refractivity contribution is 7.51. The maximum atomic E-state index is 10.8. The van der Waals surface area contributed by atoms with Gasteiger partial charge in [-0.3, -0.25) is 9.36 Å². The molecule has 0 aliphatic heterocycles. The summed E-state index contributed by atoms with van der Waals surface area (Å²) in [6.07, 6.45) is -1.00. The number of nitrogens with two attached hydrogens (primary N) is 1. The Balaban J connectivity index is 4.26. The number of carbonyl (C=O) groups excluding carboxylic acids is 1. The molecular formula is C7H16N3O7P. The van der Waals surface area contributed by atoms with Crippen LogP contribution in [-0.4, -0.2) is 56.0 Å². The van der Waals surface area contributed by atoms with E-state index in [-0.39, 0.29) is 24.4 Å². The van der Waals surface area contributed by atoms with E-state index < -0.39 is 31.9 Å². The topological polar surface area (TPSA) is 173 Å². The fraction of sp³-hybridized carbons (Fsp3) is 0.714. The van der Waals surface area contributed by atoms with Crippen molar-refractivity contribution in [2.24, 2.45) is 5.73 Å². The van der Waals surface area contributed by atoms with Crippen LogP contribution in [0.1, 0.15) is 12.8 Å². The Hall–Kier alpha value is -1.19. The fourth-order valence-corrected chi connectivity index (χ4v) is 1.77. The van der Waals surface area contributed by atoms with Gasteiger partial charge in [0, 0.05) is 6.54 Å². The van der Waals surface area contributed by atoms with Gasteiger partial charge in [0.1, 0.15) is 12.3 Å². The van der Waals surface area contributed by atoms with E-state index in [4.69, 9.17) is 20.6 Å². The number of urea groups is 1. The normalized spacial score (nSPS) is 13.3. The number of primary amides is 1. The summed E-state index contributed by atoms with van der Waals surface area (Å²) in [5.41, 5.74) is 4.78. The van der Waals surface area contributed by atoms with Crippen LogP contribution in [0.3, 0.4) is 0 Å². The molecule has 0 radical (unpaired) electrons. The number of nitrogens with zero attached hydrogens (tertiary/aromatic N) is 1. The molecule has 1 unspecified atom stereocenters. The Morgan fingerprint density at radius 2 is 1.94 bits per heavy atom. The Morgan fingerprint density at radius 1 is 1.39 bits per heavy atom. The van der Waals surface area contributed by atoms with Crippen molar-refractivity contribution in [3.05, 3.63) is 0 Å². The molecular weight excluding hydrogens is 269 g/mol. The molecule has 0 saturated carbocycles. The van der Waals surface area contributed by atoms with Crippen LogP contribution in [-0.2, 0) is 9.36 Å². The Bertz CT molecular complexity index is 344. The first-order valence-electron chi connectivity index (χ1n) is 4.89. The quantitative estimate of drug-likeness (QED) is 0.181. The number of aliphatic carboxylic acids is 1. The minimum Gasteiger partial charge on any atom is -0.480 e. The van der Waals surface area contributed by atoms with Crippen molar-refractivity contribution in [1.82, 2.24) is 10.4 Å². The number of carboxylic acid groups (broad SMARTS) is 1. The van der Waals surface area contributed by atoms with Gasteiger partial charge in [-0.15, -0.1) is 0 Å². The van der Waals surface area contributed by atoms with Crippen molar-refractivity contribution in [3.63, 3.8) is 0 Å². The van der Waals surface area contributed by atoms with Crippen LogP contribution in [0, 0.1) is 0 Å². The van der Waals surface area contributed by atoms with Gasteiger partial charge in [0.05, 0.1) is 0 Å². The fourth-order valence-electron chi connectivity index (χ4n) is 1.19. The molecule has 0 rings (SSSR count). The first-order chi connectivity index (χ1) is 8.13. The highest BCUT2D eigenvalue weighted by atomic mass is 31.2. The van der Waals surface area contributed by atoms with Crippen LogP contribution in [0.5, 0.6) is 0 Å². The Morgan fingerprint density at radius 3 is 2.33 bits per heavy atom. The van der Waals surface area contributed by atoms with Gasteiger partial charge in [0.15, 0.2) is 0 Å². The lowest BCUT2D eigenvalue weighted by Crippen LogP contribution is -2.40. The largest absolute Gasteiger partial charge is 0.480 e. The molecule has 2 amide bonds. The number of hydrogen-bond acceptors (Lipinski definition) is 5. The van der Waals surface area contributed by atoms with Crippen LogP contribution in [0.2, 0.25) is 0 Å². The molecule has 11 heteroatoms. The van der Waals surface area contributed by atoms with Crippen molar-refractivity contribution in [2.45, 2.75) is 18.9 Å². The molecule has 0 aromatic carbocycles. The second kappa shape index (κ2) is 7.29. The van der Waals surface area contributed by atoms with Crippen molar-refractivity contribution in [2.75, 3.05) is 12.8 Å². The molecule has 1 atom stereocenters. The van der Waals surface area contributed by atoms with Gasteiger partial charge in [-0.1, -0.05) is 0 Å². The standard InChI is InChI=1S/C7H16N3O7P/c8-7(13)9-3-1-2-5(6(11)12)10(14)4-18(15,16)17/h5,14H,1-4H2,(H,11,12)(H3,8,9,13)(H2,15,16,17). The van der Waals surface area contributed by atoms with Crippen molar-refractivity contribution in [1.29, 1.82) is 0 Å². The molecule has 0 aromatic heterocycles. The molecule has 10 nitrogen and oxygen atoms in total. The summed E-state index contributed by atoms with van der Waals surface area (Å²) in [7, 11) is -4.55. The van der Waals surface area contributed by atoms with Gasteiger partial charge in [-0.2, -0.15) is 5.06 Å². The second-order valence-corrected chi connectivity index (χ2v) is 5.15. The minimum atomic E-state index is -4.55. The highest BCUT2D eigenvalue weighted by Crippen LogP contribution is 2.35. The molecule has 0 aliphatic carbocycles. The van der Waals surface area contributed by atoms with Gasteiger partial charge in [0.25, 0.3) is 0 Å². The Labute approximate surface area is 102 Å². The average molecular weight is 285 g/mol. The van der Waals surface area contributed by atoms with E-state index in [0.717, 1.165) is 0 Å². The molecule has 7 N–H and O–H groups in total. The molecule has 0 saturated heterocycles. The van der Waals surface area contributed by atoms with E-state index in [1.165, 1.54) is 0 Å². The summed E-state index contributed by atoms with van der Waals surface area (Å²) in [6.45, 7) is 0.100. The van der Waals surface area contributed by atoms with Crippen molar-refractivity contribution >= 4 is 19.6 Å². The monoisotopic (exact) mass is 285 g/mol. The third-order valence-electron chi connectivity index (χ3n) is 1.93. The van der Waals surface area contributed by atoms with E-state index in [9.17, 15) is 19.4 Å². The van der Waals surface area contributed by atoms with E-state index in [1.54, 1.807) is 0 Å². The van der Waals surface area contributed by atoms with Crippen molar-refractivity contribution < 1.29 is 34.3 Å². The van der Waals surface area contributed by atoms with Gasteiger partial charge in [-0.25, -0.2) is 4.79 Å². The molecule has 0 aliphatic rings. The summed E-state index contributed by atoms with van der Waals surface area (Å²) >= 11 is 0. The zero-order valence-electron chi connectivity index (χ0n) is 9.39. The van der Waals surface area contributed by atoms with Gasteiger partial charge >= 0.3 is 19.6 Å². The van der Waals surface area contributed by atoms with Crippen LogP contribution in [0.15, 0.2) is 0 Å². The third-order valence-corrected chi connectivity index (χ3v) is 2.59. The van der Waals surface area contributed by atoms with E-state index in [1.807, 2.05) is 0 Å². The number of rotatable bonds is 8. The first kappa shape index (κ1) is 16.8. The zero-order valence-corrected chi connectivity index (χ0v) is 10.3. The lowest BCUT2D eigenvalue weighted by Gasteiger charge is -2.22. The van der Waals surface area contributed by atoms with E-state index >= 15 is 0 Å². The first-order valence-corrected chi connectivity index (χ1v) is 6.69. The number of hydrogen-bond donors (Lipinski definition) is 6. The number of carbonyl (C=O) groups is 2. The molecule has 0 fully saturated rings. The summed E-state index contributed by atoms with van der Waals surface area (Å²) < 4.78 is 10.6. The van der Waals surface area contributed by atoms with Gasteiger partial charge < -0.3 is 31.2 Å². The second-order valence-electron chi connectivity index (χ2n) is 3.53. The predicted molar refractivity (Wildman–Crippen MR) is 58.8 cm³/mol. The number of nitrogens with one attached hydrogen (secondary N) is 1. The van der Waals surface area contributed by atoms with E-state index in [2.05, 4.69) is 5.32 Å². The number of amides is 2. The lowest BCUT2D eigenvalue weighted by atomic mass is 10.1. The summed E-state index contributed by atoms with van der Waals surface area (Å²) in [6, 6.07) is -2.23. The highest BCUT2D eigenvalue weighted by Gasteiger charge is 2.29. The maximum Gasteiger partial charge on any atom is 0.341 e. The minimum absolute atomic E-state index is 0.0768. The van der Waals surface area contributed by atoms with Gasteiger partial charge in [-0.05, 0) is 12.8 Å². The maximum absolute atomic E-state index is 10.8. The summed E-state index contributed by atoms with van der Waals surface area (Å²) in [4.78, 5) is 38.3. The van der Waals surface area contributed by atoms with Crippen LogP contribution in [0.4, 0.5) is 4.79 Å². The zero-order chi connectivity index (χ0) is 14.3. The van der Waals surface area contributed by atoms with Gasteiger partial charge in [0.2, 0.25) is 0 Å². The van der Waals surface area contributed by atoms with E-state index in [0.29, 0.717) is 0 Å². The lowest BCUT2D eigenvalue weighted by molar-refractivity contribution is -0.166. The Kier molecular flexibility index (Phi) is 6.81. The number of carboxylic acids is 1. The predicted octanol–water partition coefficient (Wildman–Crippen LogP) is -1.29.